The summed E-state index contributed by atoms with van der Waals surface area (Å²) in [5, 5.41) is 4.46. The molecule has 0 saturated heterocycles. The van der Waals surface area contributed by atoms with E-state index in [2.05, 4.69) is 11.2 Å². The van der Waals surface area contributed by atoms with Gasteiger partial charge in [0.1, 0.15) is 5.75 Å². The molecule has 1 aromatic heterocycles. The van der Waals surface area contributed by atoms with Crippen LogP contribution in [0.1, 0.15) is 23.9 Å². The summed E-state index contributed by atoms with van der Waals surface area (Å²) in [6.07, 6.45) is 0. The summed E-state index contributed by atoms with van der Waals surface area (Å²) < 4.78 is 7.58. The number of hydrogen-bond acceptors (Lipinski definition) is 3. The summed E-state index contributed by atoms with van der Waals surface area (Å²) in [6, 6.07) is 7.78. The maximum absolute atomic E-state index is 5.84. The van der Waals surface area contributed by atoms with Crippen molar-refractivity contribution < 1.29 is 4.74 Å². The number of anilines is 1. The number of nitrogen functional groups attached to an aromatic ring is 1. The highest BCUT2D eigenvalue weighted by Crippen LogP contribution is 2.23. The quantitative estimate of drug-likeness (QED) is 0.842. The minimum atomic E-state index is 0.647. The van der Waals surface area contributed by atoms with E-state index >= 15 is 0 Å². The lowest BCUT2D eigenvalue weighted by Crippen LogP contribution is -2.07. The Labute approximate surface area is 107 Å². The average molecular weight is 245 g/mol. The predicted octanol–water partition coefficient (Wildman–Crippen LogP) is 2.53. The Morgan fingerprint density at radius 2 is 2.06 bits per heavy atom. The van der Waals surface area contributed by atoms with Gasteiger partial charge in [-0.3, -0.25) is 4.68 Å². The maximum Gasteiger partial charge on any atom is 0.124 e. The van der Waals surface area contributed by atoms with Crippen LogP contribution in [0.2, 0.25) is 0 Å². The molecule has 0 amide bonds. The lowest BCUT2D eigenvalue weighted by molar-refractivity contribution is 0.335. The van der Waals surface area contributed by atoms with Crippen molar-refractivity contribution in [3.8, 4) is 5.75 Å². The molecule has 0 fully saturated rings. The molecule has 1 aromatic carbocycles. The predicted molar refractivity (Wildman–Crippen MR) is 72.8 cm³/mol. The Morgan fingerprint density at radius 1 is 1.28 bits per heavy atom. The van der Waals surface area contributed by atoms with Gasteiger partial charge in [0.25, 0.3) is 0 Å². The second-order valence-electron chi connectivity index (χ2n) is 4.38. The summed E-state index contributed by atoms with van der Waals surface area (Å²) in [5.41, 5.74) is 9.80. The molecule has 0 aliphatic heterocycles. The highest BCUT2D eigenvalue weighted by molar-refractivity contribution is 5.48. The molecule has 2 N–H and O–H groups in total. The normalized spacial score (nSPS) is 10.6. The van der Waals surface area contributed by atoms with Crippen LogP contribution in [0.3, 0.4) is 0 Å². The minimum absolute atomic E-state index is 0.647. The number of benzene rings is 1. The van der Waals surface area contributed by atoms with E-state index in [1.165, 1.54) is 0 Å². The molecular formula is C14H19N3O. The van der Waals surface area contributed by atoms with Crippen LogP contribution >= 0.6 is 0 Å². The molecular weight excluding hydrogens is 226 g/mol. The van der Waals surface area contributed by atoms with E-state index in [-0.39, 0.29) is 0 Å². The molecule has 4 nitrogen and oxygen atoms in total. The van der Waals surface area contributed by atoms with Crippen LogP contribution in [0.5, 0.6) is 5.75 Å². The molecule has 4 heteroatoms. The fraction of sp³-hybridized carbons (Fsp3) is 0.357. The standard InChI is InChI=1S/C14H19N3O/c1-4-18-14-6-5-13(15)8-12(14)9-17-11(3)7-10(2)16-17/h5-8H,4,9,15H2,1-3H3. The van der Waals surface area contributed by atoms with Gasteiger partial charge in [0.2, 0.25) is 0 Å². The molecule has 0 unspecified atom stereocenters. The van der Waals surface area contributed by atoms with E-state index in [1.807, 2.05) is 43.7 Å². The number of aryl methyl sites for hydroxylation is 2. The lowest BCUT2D eigenvalue weighted by atomic mass is 10.1. The fourth-order valence-electron chi connectivity index (χ4n) is 2.02. The molecule has 0 radical (unpaired) electrons. The fourth-order valence-corrected chi connectivity index (χ4v) is 2.02. The van der Waals surface area contributed by atoms with E-state index in [0.29, 0.717) is 13.2 Å². The largest absolute Gasteiger partial charge is 0.494 e. The monoisotopic (exact) mass is 245 g/mol. The Morgan fingerprint density at radius 3 is 2.67 bits per heavy atom. The van der Waals surface area contributed by atoms with E-state index in [0.717, 1.165) is 28.4 Å². The van der Waals surface area contributed by atoms with Crippen LogP contribution in [-0.4, -0.2) is 16.4 Å². The van der Waals surface area contributed by atoms with Crippen LogP contribution in [0.25, 0.3) is 0 Å². The van der Waals surface area contributed by atoms with Crippen molar-refractivity contribution in [3.05, 3.63) is 41.2 Å². The van der Waals surface area contributed by atoms with E-state index in [9.17, 15) is 0 Å². The van der Waals surface area contributed by atoms with Crippen molar-refractivity contribution >= 4 is 5.69 Å². The van der Waals surface area contributed by atoms with Crippen molar-refractivity contribution in [2.24, 2.45) is 0 Å². The molecule has 0 saturated carbocycles. The number of hydrogen-bond donors (Lipinski definition) is 1. The zero-order valence-electron chi connectivity index (χ0n) is 11.1. The molecule has 96 valence electrons. The first-order chi connectivity index (χ1) is 8.60. The SMILES string of the molecule is CCOc1ccc(N)cc1Cn1nc(C)cc1C. The Balaban J connectivity index is 2.32. The number of rotatable bonds is 4. The molecule has 1 heterocycles. The lowest BCUT2D eigenvalue weighted by Gasteiger charge is -2.12. The van der Waals surface area contributed by atoms with Crippen LogP contribution in [0.15, 0.2) is 24.3 Å². The molecule has 0 aliphatic carbocycles. The van der Waals surface area contributed by atoms with Gasteiger partial charge in [0, 0.05) is 16.9 Å². The Kier molecular flexibility index (Phi) is 3.55. The first kappa shape index (κ1) is 12.5. The van der Waals surface area contributed by atoms with Gasteiger partial charge in [-0.2, -0.15) is 5.10 Å². The van der Waals surface area contributed by atoms with Crippen molar-refractivity contribution in [2.45, 2.75) is 27.3 Å². The Bertz CT molecular complexity index is 546. The van der Waals surface area contributed by atoms with E-state index < -0.39 is 0 Å². The van der Waals surface area contributed by atoms with Gasteiger partial charge >= 0.3 is 0 Å². The molecule has 18 heavy (non-hydrogen) atoms. The summed E-state index contributed by atoms with van der Waals surface area (Å²) in [4.78, 5) is 0. The molecule has 0 spiro atoms. The van der Waals surface area contributed by atoms with Gasteiger partial charge in [-0.25, -0.2) is 0 Å². The van der Waals surface area contributed by atoms with Crippen molar-refractivity contribution in [1.82, 2.24) is 9.78 Å². The highest BCUT2D eigenvalue weighted by Gasteiger charge is 2.08. The molecule has 0 bridgehead atoms. The molecule has 0 aliphatic rings. The van der Waals surface area contributed by atoms with Gasteiger partial charge in [0.05, 0.1) is 18.8 Å². The maximum atomic E-state index is 5.84. The molecule has 2 aromatic rings. The van der Waals surface area contributed by atoms with Crippen molar-refractivity contribution in [1.29, 1.82) is 0 Å². The smallest absolute Gasteiger partial charge is 0.124 e. The van der Waals surface area contributed by atoms with Crippen LogP contribution in [0, 0.1) is 13.8 Å². The third-order valence-electron chi connectivity index (χ3n) is 2.81. The minimum Gasteiger partial charge on any atom is -0.494 e. The highest BCUT2D eigenvalue weighted by atomic mass is 16.5. The number of nitrogens with two attached hydrogens (primary N) is 1. The average Bonchev–Trinajstić information content (AvgIpc) is 2.61. The molecule has 2 rings (SSSR count). The first-order valence-corrected chi connectivity index (χ1v) is 6.12. The summed E-state index contributed by atoms with van der Waals surface area (Å²) >= 11 is 0. The van der Waals surface area contributed by atoms with Gasteiger partial charge in [-0.05, 0) is 45.0 Å². The zero-order chi connectivity index (χ0) is 13.1. The second-order valence-corrected chi connectivity index (χ2v) is 4.38. The first-order valence-electron chi connectivity index (χ1n) is 6.12. The van der Waals surface area contributed by atoms with Crippen LogP contribution in [-0.2, 0) is 6.54 Å². The third kappa shape index (κ3) is 2.64. The van der Waals surface area contributed by atoms with Crippen LogP contribution < -0.4 is 10.5 Å². The number of nitrogens with zero attached hydrogens (tertiary/aromatic N) is 2. The molecule has 0 atom stereocenters. The Hall–Kier alpha value is -1.97. The van der Waals surface area contributed by atoms with Gasteiger partial charge in [-0.15, -0.1) is 0 Å². The van der Waals surface area contributed by atoms with Crippen molar-refractivity contribution in [3.63, 3.8) is 0 Å². The van der Waals surface area contributed by atoms with E-state index in [4.69, 9.17) is 10.5 Å². The second kappa shape index (κ2) is 5.12. The van der Waals surface area contributed by atoms with E-state index in [1.54, 1.807) is 0 Å². The van der Waals surface area contributed by atoms with Gasteiger partial charge in [0.15, 0.2) is 0 Å². The van der Waals surface area contributed by atoms with Gasteiger partial charge < -0.3 is 10.5 Å². The zero-order valence-corrected chi connectivity index (χ0v) is 11.1. The summed E-state index contributed by atoms with van der Waals surface area (Å²) in [6.45, 7) is 7.34. The van der Waals surface area contributed by atoms with Gasteiger partial charge in [-0.1, -0.05) is 0 Å². The third-order valence-corrected chi connectivity index (χ3v) is 2.81. The van der Waals surface area contributed by atoms with Crippen LogP contribution in [0.4, 0.5) is 5.69 Å². The number of aromatic nitrogens is 2. The summed E-state index contributed by atoms with van der Waals surface area (Å²) in [5.74, 6) is 0.874. The topological polar surface area (TPSA) is 53.1 Å². The van der Waals surface area contributed by atoms with Crippen molar-refractivity contribution in [2.75, 3.05) is 12.3 Å². The summed E-state index contributed by atoms with van der Waals surface area (Å²) in [7, 11) is 0. The number of ether oxygens (including phenoxy) is 1.